The van der Waals surface area contributed by atoms with Gasteiger partial charge < -0.3 is 10.1 Å². The van der Waals surface area contributed by atoms with E-state index in [1.54, 1.807) is 42.7 Å². The number of hydrogen-bond donors (Lipinski definition) is 2. The van der Waals surface area contributed by atoms with E-state index < -0.39 is 0 Å². The molecule has 0 saturated carbocycles. The number of carbonyl (C=O) groups excluding carboxylic acids is 1. The average molecular weight is 449 g/mol. The fourth-order valence-corrected chi connectivity index (χ4v) is 3.33. The molecule has 5 rings (SSSR count). The van der Waals surface area contributed by atoms with Crippen LogP contribution in [-0.4, -0.2) is 36.0 Å². The van der Waals surface area contributed by atoms with Crippen molar-refractivity contribution in [3.63, 3.8) is 0 Å². The average Bonchev–Trinajstić information content (AvgIpc) is 3.42. The number of ether oxygens (including phenoxy) is 1. The Kier molecular flexibility index (Phi) is 5.73. The maximum atomic E-state index is 12.9. The molecule has 0 aliphatic rings. The van der Waals surface area contributed by atoms with Gasteiger partial charge in [0.1, 0.15) is 18.4 Å². The monoisotopic (exact) mass is 449 g/mol. The Bertz CT molecular complexity index is 1420. The van der Waals surface area contributed by atoms with Crippen LogP contribution in [0.5, 0.6) is 11.6 Å². The third kappa shape index (κ3) is 4.49. The van der Waals surface area contributed by atoms with Crippen LogP contribution in [0.3, 0.4) is 0 Å². The fraction of sp³-hybridized carbons (Fsp3) is 0.0400. The Morgan fingerprint density at radius 1 is 0.971 bits per heavy atom. The molecular weight excluding hydrogens is 430 g/mol. The van der Waals surface area contributed by atoms with Crippen molar-refractivity contribution in [2.45, 2.75) is 6.92 Å². The predicted molar refractivity (Wildman–Crippen MR) is 126 cm³/mol. The summed E-state index contributed by atoms with van der Waals surface area (Å²) in [5, 5.41) is 9.64. The highest BCUT2D eigenvalue weighted by molar-refractivity contribution is 6.04. The molecule has 0 aliphatic carbocycles. The summed E-state index contributed by atoms with van der Waals surface area (Å²) in [6, 6.07) is 18.1. The fourth-order valence-electron chi connectivity index (χ4n) is 3.33. The smallest absolute Gasteiger partial charge is 0.255 e. The summed E-state index contributed by atoms with van der Waals surface area (Å²) in [5.74, 6) is 1.26. The number of aromatic nitrogens is 6. The number of anilines is 1. The third-order valence-electron chi connectivity index (χ3n) is 5.10. The van der Waals surface area contributed by atoms with Crippen LogP contribution in [0.25, 0.3) is 22.6 Å². The zero-order chi connectivity index (χ0) is 23.3. The third-order valence-corrected chi connectivity index (χ3v) is 5.10. The van der Waals surface area contributed by atoms with Crippen molar-refractivity contribution in [3.05, 3.63) is 96.8 Å². The number of pyridine rings is 1. The molecule has 0 fully saturated rings. The molecule has 9 heteroatoms. The van der Waals surface area contributed by atoms with E-state index in [9.17, 15) is 4.79 Å². The summed E-state index contributed by atoms with van der Waals surface area (Å²) in [6.07, 6.45) is 6.30. The number of amides is 1. The molecule has 0 saturated heterocycles. The van der Waals surface area contributed by atoms with Gasteiger partial charge in [0.05, 0.1) is 11.3 Å². The molecule has 0 bridgehead atoms. The first-order chi connectivity index (χ1) is 16.7. The van der Waals surface area contributed by atoms with Gasteiger partial charge in [0.25, 0.3) is 5.91 Å². The van der Waals surface area contributed by atoms with Gasteiger partial charge in [-0.25, -0.2) is 19.9 Å². The van der Waals surface area contributed by atoms with Crippen LogP contribution < -0.4 is 10.1 Å². The van der Waals surface area contributed by atoms with Gasteiger partial charge in [0.2, 0.25) is 5.88 Å². The summed E-state index contributed by atoms with van der Waals surface area (Å²) in [7, 11) is 0. The first kappa shape index (κ1) is 21.0. The van der Waals surface area contributed by atoms with Crippen LogP contribution in [0.2, 0.25) is 0 Å². The SMILES string of the molecule is Cc1ccc(C(=O)Nc2ccc(-c3nc[nH]n3)cc2)cc1Oc1ncccc1-c1ccncn1. The molecule has 0 atom stereocenters. The van der Waals surface area contributed by atoms with Crippen molar-refractivity contribution < 1.29 is 9.53 Å². The lowest BCUT2D eigenvalue weighted by Crippen LogP contribution is -2.12. The molecule has 3 aromatic heterocycles. The van der Waals surface area contributed by atoms with Crippen molar-refractivity contribution in [1.29, 1.82) is 0 Å². The molecule has 3 heterocycles. The number of hydrogen-bond acceptors (Lipinski definition) is 7. The van der Waals surface area contributed by atoms with Gasteiger partial charge in [-0.1, -0.05) is 6.07 Å². The van der Waals surface area contributed by atoms with Crippen molar-refractivity contribution in [1.82, 2.24) is 30.1 Å². The van der Waals surface area contributed by atoms with E-state index in [4.69, 9.17) is 4.74 Å². The lowest BCUT2D eigenvalue weighted by molar-refractivity contribution is 0.102. The molecule has 0 spiro atoms. The number of carbonyl (C=O) groups is 1. The molecule has 2 N–H and O–H groups in total. The zero-order valence-corrected chi connectivity index (χ0v) is 18.1. The number of H-pyrrole nitrogens is 1. The normalized spacial score (nSPS) is 10.6. The Labute approximate surface area is 194 Å². The second kappa shape index (κ2) is 9.29. The molecular formula is C25H19N7O2. The highest BCUT2D eigenvalue weighted by Gasteiger charge is 2.14. The molecule has 9 nitrogen and oxygen atoms in total. The molecule has 0 unspecified atom stereocenters. The summed E-state index contributed by atoms with van der Waals surface area (Å²) in [6.45, 7) is 1.91. The first-order valence-corrected chi connectivity index (χ1v) is 10.4. The minimum Gasteiger partial charge on any atom is -0.438 e. The molecule has 0 aliphatic heterocycles. The van der Waals surface area contributed by atoms with Crippen molar-refractivity contribution in [3.8, 4) is 34.3 Å². The highest BCUT2D eigenvalue weighted by Crippen LogP contribution is 2.32. The van der Waals surface area contributed by atoms with E-state index in [-0.39, 0.29) is 5.91 Å². The standard InChI is InChI=1S/C25H19N7O2/c1-16-4-5-18(24(33)31-19-8-6-17(7-9-19)23-29-15-30-32-23)13-22(16)34-25-20(3-2-11-27-25)21-10-12-26-14-28-21/h2-15H,1H3,(H,31,33)(H,29,30,32). The predicted octanol–water partition coefficient (Wildman–Crippen LogP) is 4.68. The van der Waals surface area contributed by atoms with Crippen molar-refractivity contribution >= 4 is 11.6 Å². The van der Waals surface area contributed by atoms with Crippen LogP contribution in [0.15, 0.2) is 85.7 Å². The van der Waals surface area contributed by atoms with Crippen molar-refractivity contribution in [2.75, 3.05) is 5.32 Å². The number of rotatable bonds is 6. The Balaban J connectivity index is 1.36. The lowest BCUT2D eigenvalue weighted by Gasteiger charge is -2.13. The molecule has 1 amide bonds. The lowest BCUT2D eigenvalue weighted by atomic mass is 10.1. The quantitative estimate of drug-likeness (QED) is 0.386. The first-order valence-electron chi connectivity index (χ1n) is 10.4. The van der Waals surface area contributed by atoms with E-state index in [1.165, 1.54) is 12.7 Å². The van der Waals surface area contributed by atoms with Crippen LogP contribution in [0.1, 0.15) is 15.9 Å². The summed E-state index contributed by atoms with van der Waals surface area (Å²) in [4.78, 5) is 29.6. The number of aromatic amines is 1. The van der Waals surface area contributed by atoms with E-state index >= 15 is 0 Å². The number of nitrogens with one attached hydrogen (secondary N) is 2. The van der Waals surface area contributed by atoms with Gasteiger partial charge in [0, 0.05) is 29.2 Å². The van der Waals surface area contributed by atoms with Crippen LogP contribution in [0.4, 0.5) is 5.69 Å². The van der Waals surface area contributed by atoms with E-state index in [1.807, 2.05) is 37.3 Å². The minimum atomic E-state index is -0.257. The van der Waals surface area contributed by atoms with Crippen molar-refractivity contribution in [2.24, 2.45) is 0 Å². The van der Waals surface area contributed by atoms with Gasteiger partial charge >= 0.3 is 0 Å². The van der Waals surface area contributed by atoms with Gasteiger partial charge in [-0.15, -0.1) is 0 Å². The van der Waals surface area contributed by atoms with E-state index in [0.29, 0.717) is 34.4 Å². The summed E-state index contributed by atoms with van der Waals surface area (Å²) >= 11 is 0. The van der Waals surface area contributed by atoms with E-state index in [0.717, 1.165) is 16.7 Å². The number of benzene rings is 2. The second-order valence-corrected chi connectivity index (χ2v) is 7.39. The maximum absolute atomic E-state index is 12.9. The van der Waals surface area contributed by atoms with E-state index in [2.05, 4.69) is 35.5 Å². The summed E-state index contributed by atoms with van der Waals surface area (Å²) in [5.41, 5.74) is 4.25. The highest BCUT2D eigenvalue weighted by atomic mass is 16.5. The second-order valence-electron chi connectivity index (χ2n) is 7.39. The maximum Gasteiger partial charge on any atom is 0.255 e. The van der Waals surface area contributed by atoms with Gasteiger partial charge in [-0.2, -0.15) is 5.10 Å². The van der Waals surface area contributed by atoms with Gasteiger partial charge in [-0.05, 0) is 67.1 Å². The van der Waals surface area contributed by atoms with Crippen LogP contribution >= 0.6 is 0 Å². The number of aryl methyl sites for hydroxylation is 1. The minimum absolute atomic E-state index is 0.257. The summed E-state index contributed by atoms with van der Waals surface area (Å²) < 4.78 is 6.12. The molecule has 2 aromatic carbocycles. The Morgan fingerprint density at radius 2 is 1.85 bits per heavy atom. The molecule has 0 radical (unpaired) electrons. The van der Waals surface area contributed by atoms with Crippen LogP contribution in [-0.2, 0) is 0 Å². The van der Waals surface area contributed by atoms with Gasteiger partial charge in [0.15, 0.2) is 5.82 Å². The van der Waals surface area contributed by atoms with Crippen LogP contribution in [0, 0.1) is 6.92 Å². The topological polar surface area (TPSA) is 119 Å². The molecule has 34 heavy (non-hydrogen) atoms. The largest absolute Gasteiger partial charge is 0.438 e. The molecule has 5 aromatic rings. The van der Waals surface area contributed by atoms with Gasteiger partial charge in [-0.3, -0.25) is 9.89 Å². The Hall–Kier alpha value is -4.92. The number of nitrogens with zero attached hydrogens (tertiary/aromatic N) is 5. The molecule has 166 valence electrons. The Morgan fingerprint density at radius 3 is 2.62 bits per heavy atom. The zero-order valence-electron chi connectivity index (χ0n) is 18.1.